The monoisotopic (exact) mass is 163 g/mol. The predicted molar refractivity (Wildman–Crippen MR) is 48.8 cm³/mol. The largest absolute Gasteiger partial charge is 0.369 e. The number of benzene rings is 1. The van der Waals surface area contributed by atoms with Gasteiger partial charge in [-0.2, -0.15) is 0 Å². The summed E-state index contributed by atoms with van der Waals surface area (Å²) in [5, 5.41) is 0. The van der Waals surface area contributed by atoms with Crippen LogP contribution in [0.3, 0.4) is 0 Å². The Balaban J connectivity index is 2.89. The van der Waals surface area contributed by atoms with Crippen molar-refractivity contribution in [3.63, 3.8) is 0 Å². The third-order valence-electron chi connectivity index (χ3n) is 1.95. The van der Waals surface area contributed by atoms with E-state index < -0.39 is 0 Å². The molecule has 12 heavy (non-hydrogen) atoms. The van der Waals surface area contributed by atoms with E-state index in [1.807, 2.05) is 32.0 Å². The van der Waals surface area contributed by atoms with E-state index in [4.69, 9.17) is 5.73 Å². The zero-order valence-corrected chi connectivity index (χ0v) is 7.42. The molecule has 0 fully saturated rings. The molecule has 1 rings (SSSR count). The van der Waals surface area contributed by atoms with Crippen molar-refractivity contribution >= 4 is 5.91 Å². The average Bonchev–Trinajstić information content (AvgIpc) is 1.96. The maximum absolute atomic E-state index is 10.6. The Hall–Kier alpha value is -1.31. The molecule has 0 aliphatic rings. The Morgan fingerprint density at radius 3 is 2.50 bits per heavy atom. The summed E-state index contributed by atoms with van der Waals surface area (Å²) in [6.07, 6.45) is 0.334. The standard InChI is InChI=1S/C10H13NO/c1-7-3-4-9(5-8(7)2)6-10(11)12/h3-5H,6H2,1-2H3,(H2,11,12). The van der Waals surface area contributed by atoms with Gasteiger partial charge in [-0.1, -0.05) is 18.2 Å². The lowest BCUT2D eigenvalue weighted by Crippen LogP contribution is -2.13. The lowest BCUT2D eigenvalue weighted by molar-refractivity contribution is -0.117. The summed E-state index contributed by atoms with van der Waals surface area (Å²) < 4.78 is 0. The van der Waals surface area contributed by atoms with Gasteiger partial charge in [-0.15, -0.1) is 0 Å². The van der Waals surface area contributed by atoms with Crippen molar-refractivity contribution in [2.24, 2.45) is 5.73 Å². The average molecular weight is 163 g/mol. The first-order chi connectivity index (χ1) is 5.59. The molecule has 0 aromatic heterocycles. The molecule has 2 N–H and O–H groups in total. The number of carbonyl (C=O) groups excluding carboxylic acids is 1. The van der Waals surface area contributed by atoms with Crippen molar-refractivity contribution in [2.75, 3.05) is 0 Å². The van der Waals surface area contributed by atoms with Crippen LogP contribution in [0, 0.1) is 13.8 Å². The summed E-state index contributed by atoms with van der Waals surface area (Å²) >= 11 is 0. The highest BCUT2D eigenvalue weighted by Crippen LogP contribution is 2.09. The lowest BCUT2D eigenvalue weighted by Gasteiger charge is -2.02. The molecule has 0 atom stereocenters. The van der Waals surface area contributed by atoms with Gasteiger partial charge in [0.05, 0.1) is 6.42 Å². The van der Waals surface area contributed by atoms with E-state index in [1.54, 1.807) is 0 Å². The van der Waals surface area contributed by atoms with Crippen molar-refractivity contribution in [1.82, 2.24) is 0 Å². The molecule has 0 saturated heterocycles. The van der Waals surface area contributed by atoms with Crippen LogP contribution in [-0.2, 0) is 11.2 Å². The van der Waals surface area contributed by atoms with E-state index in [1.165, 1.54) is 11.1 Å². The first kappa shape index (κ1) is 8.78. The number of nitrogens with two attached hydrogens (primary N) is 1. The Kier molecular flexibility index (Phi) is 2.48. The zero-order chi connectivity index (χ0) is 9.14. The number of rotatable bonds is 2. The molecule has 2 nitrogen and oxygen atoms in total. The highest BCUT2D eigenvalue weighted by molar-refractivity contribution is 5.76. The van der Waals surface area contributed by atoms with Gasteiger partial charge in [0, 0.05) is 0 Å². The van der Waals surface area contributed by atoms with Crippen LogP contribution in [0.15, 0.2) is 18.2 Å². The number of amides is 1. The Morgan fingerprint density at radius 1 is 1.33 bits per heavy atom. The van der Waals surface area contributed by atoms with Crippen LogP contribution in [0.5, 0.6) is 0 Å². The molecule has 0 aliphatic carbocycles. The van der Waals surface area contributed by atoms with Gasteiger partial charge >= 0.3 is 0 Å². The predicted octanol–water partition coefficient (Wildman–Crippen LogP) is 1.33. The summed E-state index contributed by atoms with van der Waals surface area (Å²) in [5.74, 6) is -0.279. The summed E-state index contributed by atoms with van der Waals surface area (Å²) in [5.41, 5.74) is 8.51. The quantitative estimate of drug-likeness (QED) is 0.702. The first-order valence-corrected chi connectivity index (χ1v) is 3.94. The molecule has 1 amide bonds. The number of primary amides is 1. The van der Waals surface area contributed by atoms with E-state index in [0.29, 0.717) is 6.42 Å². The van der Waals surface area contributed by atoms with Crippen molar-refractivity contribution in [1.29, 1.82) is 0 Å². The van der Waals surface area contributed by atoms with Crippen LogP contribution in [-0.4, -0.2) is 5.91 Å². The Morgan fingerprint density at radius 2 is 2.00 bits per heavy atom. The molecule has 0 heterocycles. The van der Waals surface area contributed by atoms with Crippen LogP contribution in [0.1, 0.15) is 16.7 Å². The number of hydrogen-bond donors (Lipinski definition) is 1. The molecular formula is C10H13NO. The maximum Gasteiger partial charge on any atom is 0.221 e. The smallest absolute Gasteiger partial charge is 0.221 e. The molecule has 0 saturated carbocycles. The Bertz CT molecular complexity index is 305. The second-order valence-corrected chi connectivity index (χ2v) is 3.06. The zero-order valence-electron chi connectivity index (χ0n) is 7.42. The van der Waals surface area contributed by atoms with Gasteiger partial charge in [-0.3, -0.25) is 4.79 Å². The number of carbonyl (C=O) groups is 1. The minimum Gasteiger partial charge on any atom is -0.369 e. The molecule has 2 heteroatoms. The van der Waals surface area contributed by atoms with Gasteiger partial charge in [0.15, 0.2) is 0 Å². The van der Waals surface area contributed by atoms with Crippen molar-refractivity contribution in [3.8, 4) is 0 Å². The van der Waals surface area contributed by atoms with E-state index in [-0.39, 0.29) is 5.91 Å². The minimum absolute atomic E-state index is 0.279. The number of hydrogen-bond acceptors (Lipinski definition) is 1. The fraction of sp³-hybridized carbons (Fsp3) is 0.300. The Labute approximate surface area is 72.4 Å². The third-order valence-corrected chi connectivity index (χ3v) is 1.95. The normalized spacial score (nSPS) is 9.83. The van der Waals surface area contributed by atoms with Gasteiger partial charge in [-0.05, 0) is 30.5 Å². The van der Waals surface area contributed by atoms with Crippen LogP contribution in [0.25, 0.3) is 0 Å². The molecule has 0 aliphatic heterocycles. The van der Waals surface area contributed by atoms with E-state index in [0.717, 1.165) is 5.56 Å². The van der Waals surface area contributed by atoms with Crippen molar-refractivity contribution in [3.05, 3.63) is 34.9 Å². The van der Waals surface area contributed by atoms with Gasteiger partial charge < -0.3 is 5.73 Å². The lowest BCUT2D eigenvalue weighted by atomic mass is 10.0. The van der Waals surface area contributed by atoms with Gasteiger partial charge in [0.2, 0.25) is 5.91 Å². The summed E-state index contributed by atoms with van der Waals surface area (Å²) in [6.45, 7) is 4.07. The topological polar surface area (TPSA) is 43.1 Å². The summed E-state index contributed by atoms with van der Waals surface area (Å²) in [6, 6.07) is 5.95. The molecule has 0 bridgehead atoms. The fourth-order valence-electron chi connectivity index (χ4n) is 1.11. The molecule has 0 spiro atoms. The van der Waals surface area contributed by atoms with E-state index >= 15 is 0 Å². The van der Waals surface area contributed by atoms with E-state index in [9.17, 15) is 4.79 Å². The SMILES string of the molecule is Cc1ccc(CC(N)=O)cc1C. The highest BCUT2D eigenvalue weighted by atomic mass is 16.1. The van der Waals surface area contributed by atoms with Crippen LogP contribution >= 0.6 is 0 Å². The maximum atomic E-state index is 10.6. The van der Waals surface area contributed by atoms with Gasteiger partial charge in [-0.25, -0.2) is 0 Å². The minimum atomic E-state index is -0.279. The van der Waals surface area contributed by atoms with Crippen LogP contribution < -0.4 is 5.73 Å². The second-order valence-electron chi connectivity index (χ2n) is 3.06. The van der Waals surface area contributed by atoms with Gasteiger partial charge in [0.25, 0.3) is 0 Å². The van der Waals surface area contributed by atoms with E-state index in [2.05, 4.69) is 0 Å². The molecular weight excluding hydrogens is 150 g/mol. The highest BCUT2D eigenvalue weighted by Gasteiger charge is 1.99. The number of aryl methyl sites for hydroxylation is 2. The molecule has 0 unspecified atom stereocenters. The summed E-state index contributed by atoms with van der Waals surface area (Å²) in [7, 11) is 0. The second kappa shape index (κ2) is 3.39. The summed E-state index contributed by atoms with van der Waals surface area (Å²) in [4.78, 5) is 10.6. The molecule has 1 aromatic rings. The van der Waals surface area contributed by atoms with Gasteiger partial charge in [0.1, 0.15) is 0 Å². The molecule has 64 valence electrons. The molecule has 0 radical (unpaired) electrons. The third kappa shape index (κ3) is 2.09. The van der Waals surface area contributed by atoms with Crippen molar-refractivity contribution < 1.29 is 4.79 Å². The molecule has 1 aromatic carbocycles. The van der Waals surface area contributed by atoms with Crippen LogP contribution in [0.2, 0.25) is 0 Å². The first-order valence-electron chi connectivity index (χ1n) is 3.94. The van der Waals surface area contributed by atoms with Crippen molar-refractivity contribution in [2.45, 2.75) is 20.3 Å². The fourth-order valence-corrected chi connectivity index (χ4v) is 1.11. The van der Waals surface area contributed by atoms with Crippen LogP contribution in [0.4, 0.5) is 0 Å².